The first kappa shape index (κ1) is 13.4. The molecule has 0 unspecified atom stereocenters. The van der Waals surface area contributed by atoms with Crippen LogP contribution in [0.1, 0.15) is 62.1 Å². The summed E-state index contributed by atoms with van der Waals surface area (Å²) in [6.45, 7) is 6.85. The average molecular weight is 248 g/mol. The number of hydrogen-bond acceptors (Lipinski definition) is 2. The fraction of sp³-hybridized carbons (Fsp3) is 0.625. The summed E-state index contributed by atoms with van der Waals surface area (Å²) in [5.74, 6) is 0.782. The highest BCUT2D eigenvalue weighted by atomic mass is 16.5. The minimum Gasteiger partial charge on any atom is -0.507 e. The molecule has 0 saturated heterocycles. The van der Waals surface area contributed by atoms with Crippen molar-refractivity contribution in [1.82, 2.24) is 0 Å². The van der Waals surface area contributed by atoms with Crippen molar-refractivity contribution in [2.75, 3.05) is 0 Å². The Bertz CT molecular complexity index is 404. The Hall–Kier alpha value is -1.02. The first-order valence-corrected chi connectivity index (χ1v) is 7.02. The van der Waals surface area contributed by atoms with Crippen LogP contribution in [0.2, 0.25) is 0 Å². The van der Waals surface area contributed by atoms with E-state index in [4.69, 9.17) is 4.74 Å². The van der Waals surface area contributed by atoms with Gasteiger partial charge in [-0.25, -0.2) is 0 Å². The number of rotatable bonds is 4. The van der Waals surface area contributed by atoms with E-state index in [1.807, 2.05) is 13.0 Å². The van der Waals surface area contributed by atoms with E-state index in [0.29, 0.717) is 24.4 Å². The van der Waals surface area contributed by atoms with Crippen LogP contribution in [0, 0.1) is 6.92 Å². The van der Waals surface area contributed by atoms with E-state index in [2.05, 4.69) is 19.9 Å². The van der Waals surface area contributed by atoms with Crippen LogP contribution in [-0.2, 0) is 11.3 Å². The van der Waals surface area contributed by atoms with Crippen LogP contribution in [0.4, 0.5) is 0 Å². The van der Waals surface area contributed by atoms with E-state index in [9.17, 15) is 5.11 Å². The maximum atomic E-state index is 10.0. The minimum atomic E-state index is 0.343. The van der Waals surface area contributed by atoms with Gasteiger partial charge in [-0.2, -0.15) is 0 Å². The molecule has 2 nitrogen and oxygen atoms in total. The van der Waals surface area contributed by atoms with Crippen molar-refractivity contribution < 1.29 is 9.84 Å². The number of phenols is 1. The number of ether oxygens (including phenoxy) is 1. The SMILES string of the molecule is Cc1cc(COC2CCCC2)cc(C(C)C)c1O. The van der Waals surface area contributed by atoms with Crippen molar-refractivity contribution in [3.05, 3.63) is 28.8 Å². The largest absolute Gasteiger partial charge is 0.507 e. The van der Waals surface area contributed by atoms with Crippen LogP contribution in [-0.4, -0.2) is 11.2 Å². The van der Waals surface area contributed by atoms with Crippen molar-refractivity contribution in [1.29, 1.82) is 0 Å². The van der Waals surface area contributed by atoms with Gasteiger partial charge in [-0.1, -0.05) is 32.8 Å². The van der Waals surface area contributed by atoms with Gasteiger partial charge in [0.05, 0.1) is 12.7 Å². The van der Waals surface area contributed by atoms with Gasteiger partial charge in [0, 0.05) is 0 Å². The van der Waals surface area contributed by atoms with Gasteiger partial charge >= 0.3 is 0 Å². The molecular weight excluding hydrogens is 224 g/mol. The molecular formula is C16H24O2. The second-order valence-electron chi connectivity index (χ2n) is 5.72. The average Bonchev–Trinajstić information content (AvgIpc) is 2.83. The zero-order chi connectivity index (χ0) is 13.1. The number of hydrogen-bond donors (Lipinski definition) is 1. The molecule has 0 radical (unpaired) electrons. The molecule has 0 atom stereocenters. The van der Waals surface area contributed by atoms with Gasteiger partial charge < -0.3 is 9.84 Å². The molecule has 0 heterocycles. The summed E-state index contributed by atoms with van der Waals surface area (Å²) < 4.78 is 5.94. The summed E-state index contributed by atoms with van der Waals surface area (Å²) in [6.07, 6.45) is 5.46. The van der Waals surface area contributed by atoms with Gasteiger partial charge in [-0.3, -0.25) is 0 Å². The van der Waals surface area contributed by atoms with E-state index >= 15 is 0 Å². The van der Waals surface area contributed by atoms with Gasteiger partial charge in [-0.15, -0.1) is 0 Å². The summed E-state index contributed by atoms with van der Waals surface area (Å²) >= 11 is 0. The lowest BCUT2D eigenvalue weighted by atomic mass is 9.97. The quantitative estimate of drug-likeness (QED) is 0.861. The molecule has 2 rings (SSSR count). The summed E-state index contributed by atoms with van der Waals surface area (Å²) in [6, 6.07) is 4.12. The van der Waals surface area contributed by atoms with Crippen molar-refractivity contribution >= 4 is 0 Å². The zero-order valence-electron chi connectivity index (χ0n) is 11.7. The second kappa shape index (κ2) is 5.75. The van der Waals surface area contributed by atoms with Crippen LogP contribution >= 0.6 is 0 Å². The lowest BCUT2D eigenvalue weighted by Gasteiger charge is -2.15. The smallest absolute Gasteiger partial charge is 0.121 e. The number of aromatic hydroxyl groups is 1. The molecule has 100 valence electrons. The predicted octanol–water partition coefficient (Wildman–Crippen LogP) is 4.28. The molecule has 1 aliphatic rings. The molecule has 2 heteroatoms. The van der Waals surface area contributed by atoms with Gasteiger partial charge in [0.2, 0.25) is 0 Å². The van der Waals surface area contributed by atoms with Crippen LogP contribution in [0.3, 0.4) is 0 Å². The first-order chi connectivity index (χ1) is 8.58. The lowest BCUT2D eigenvalue weighted by molar-refractivity contribution is 0.0456. The Balaban J connectivity index is 2.07. The molecule has 1 aromatic rings. The van der Waals surface area contributed by atoms with E-state index < -0.39 is 0 Å². The molecule has 18 heavy (non-hydrogen) atoms. The third-order valence-electron chi connectivity index (χ3n) is 3.80. The van der Waals surface area contributed by atoms with Crippen LogP contribution in [0.25, 0.3) is 0 Å². The van der Waals surface area contributed by atoms with Crippen molar-refractivity contribution in [3.8, 4) is 5.75 Å². The topological polar surface area (TPSA) is 29.5 Å². The van der Waals surface area contributed by atoms with Crippen LogP contribution < -0.4 is 0 Å². The highest BCUT2D eigenvalue weighted by Gasteiger charge is 2.16. The predicted molar refractivity (Wildman–Crippen MR) is 74.0 cm³/mol. The first-order valence-electron chi connectivity index (χ1n) is 7.02. The van der Waals surface area contributed by atoms with Crippen LogP contribution in [0.15, 0.2) is 12.1 Å². The van der Waals surface area contributed by atoms with E-state index in [-0.39, 0.29) is 0 Å². The summed E-state index contributed by atoms with van der Waals surface area (Å²) in [7, 11) is 0. The van der Waals surface area contributed by atoms with Crippen LogP contribution in [0.5, 0.6) is 5.75 Å². The molecule has 1 aliphatic carbocycles. The van der Waals surface area contributed by atoms with Gasteiger partial charge in [0.1, 0.15) is 5.75 Å². The van der Waals surface area contributed by atoms with Gasteiger partial charge in [0.25, 0.3) is 0 Å². The maximum Gasteiger partial charge on any atom is 0.121 e. The van der Waals surface area contributed by atoms with E-state index in [1.54, 1.807) is 0 Å². The number of aryl methyl sites for hydroxylation is 1. The molecule has 1 aromatic carbocycles. The molecule has 0 aliphatic heterocycles. The summed E-state index contributed by atoms with van der Waals surface area (Å²) in [5.41, 5.74) is 3.16. The Kier molecular flexibility index (Phi) is 4.28. The van der Waals surface area contributed by atoms with Crippen molar-refractivity contribution in [3.63, 3.8) is 0 Å². The fourth-order valence-corrected chi connectivity index (χ4v) is 2.68. The number of phenolic OH excluding ortho intramolecular Hbond substituents is 1. The number of benzene rings is 1. The molecule has 1 saturated carbocycles. The minimum absolute atomic E-state index is 0.343. The van der Waals surface area contributed by atoms with Gasteiger partial charge in [-0.05, 0) is 48.4 Å². The highest BCUT2D eigenvalue weighted by molar-refractivity contribution is 5.44. The third kappa shape index (κ3) is 3.05. The standard InChI is InChI=1S/C16H24O2/c1-11(2)15-9-13(8-12(3)16(15)17)10-18-14-6-4-5-7-14/h8-9,11,14,17H,4-7,10H2,1-3H3. The van der Waals surface area contributed by atoms with Crippen molar-refractivity contribution in [2.24, 2.45) is 0 Å². The molecule has 1 fully saturated rings. The normalized spacial score (nSPS) is 16.7. The second-order valence-corrected chi connectivity index (χ2v) is 5.72. The Labute approximate surface area is 110 Å². The zero-order valence-corrected chi connectivity index (χ0v) is 11.7. The van der Waals surface area contributed by atoms with E-state index in [1.165, 1.54) is 31.2 Å². The molecule has 0 aromatic heterocycles. The maximum absolute atomic E-state index is 10.0. The Morgan fingerprint density at radius 2 is 1.94 bits per heavy atom. The molecule has 0 amide bonds. The van der Waals surface area contributed by atoms with Gasteiger partial charge in [0.15, 0.2) is 0 Å². The summed E-state index contributed by atoms with van der Waals surface area (Å²) in [5, 5.41) is 10.0. The Morgan fingerprint density at radius 1 is 1.28 bits per heavy atom. The highest BCUT2D eigenvalue weighted by Crippen LogP contribution is 2.31. The molecule has 0 spiro atoms. The fourth-order valence-electron chi connectivity index (χ4n) is 2.68. The monoisotopic (exact) mass is 248 g/mol. The van der Waals surface area contributed by atoms with Crippen molar-refractivity contribution in [2.45, 2.75) is 65.1 Å². The molecule has 1 N–H and O–H groups in total. The van der Waals surface area contributed by atoms with E-state index in [0.717, 1.165) is 11.1 Å². The Morgan fingerprint density at radius 3 is 2.56 bits per heavy atom. The summed E-state index contributed by atoms with van der Waals surface area (Å²) in [4.78, 5) is 0. The third-order valence-corrected chi connectivity index (χ3v) is 3.80. The lowest BCUT2D eigenvalue weighted by Crippen LogP contribution is -2.07. The molecule has 0 bridgehead atoms.